The molecule has 2 unspecified atom stereocenters. The summed E-state index contributed by atoms with van der Waals surface area (Å²) in [6.07, 6.45) is 103. The maximum Gasteiger partial charge on any atom is 0.305 e. The zero-order valence-corrected chi connectivity index (χ0v) is 60.4. The molecule has 0 aliphatic carbocycles. The van der Waals surface area contributed by atoms with Crippen molar-refractivity contribution in [1.82, 2.24) is 5.32 Å². The number of allylic oxidation sites excluding steroid dienone is 5. The minimum absolute atomic E-state index is 0.0129. The van der Waals surface area contributed by atoms with Gasteiger partial charge in [-0.05, 0) is 64.2 Å². The lowest BCUT2D eigenvalue weighted by molar-refractivity contribution is -0.143. The van der Waals surface area contributed by atoms with Crippen molar-refractivity contribution in [3.63, 3.8) is 0 Å². The van der Waals surface area contributed by atoms with Gasteiger partial charge in [0.1, 0.15) is 0 Å². The minimum Gasteiger partial charge on any atom is -0.466 e. The van der Waals surface area contributed by atoms with Crippen LogP contribution in [0.3, 0.4) is 0 Å². The Morgan fingerprint density at radius 1 is 0.315 bits per heavy atom. The summed E-state index contributed by atoms with van der Waals surface area (Å²) in [6.45, 7) is 4.93. The van der Waals surface area contributed by atoms with E-state index in [1.807, 2.05) is 6.08 Å². The Kier molecular flexibility index (Phi) is 76.8. The molecule has 0 fully saturated rings. The van der Waals surface area contributed by atoms with Crippen molar-refractivity contribution in [2.45, 2.75) is 469 Å². The smallest absolute Gasteiger partial charge is 0.305 e. The Morgan fingerprint density at radius 3 is 0.876 bits per heavy atom. The van der Waals surface area contributed by atoms with E-state index in [-0.39, 0.29) is 18.5 Å². The van der Waals surface area contributed by atoms with E-state index in [1.165, 1.54) is 379 Å². The zero-order valence-electron chi connectivity index (χ0n) is 60.4. The molecule has 0 heterocycles. The summed E-state index contributed by atoms with van der Waals surface area (Å²) in [5.74, 6) is -0.0459. The highest BCUT2D eigenvalue weighted by atomic mass is 16.5. The maximum atomic E-state index is 12.6. The summed E-state index contributed by atoms with van der Waals surface area (Å²) >= 11 is 0. The van der Waals surface area contributed by atoms with Crippen LogP contribution >= 0.6 is 0 Å². The molecule has 0 saturated heterocycles. The summed E-state index contributed by atoms with van der Waals surface area (Å²) in [4.78, 5) is 24.7. The van der Waals surface area contributed by atoms with E-state index in [0.717, 1.165) is 51.4 Å². The second-order valence-electron chi connectivity index (χ2n) is 28.1. The van der Waals surface area contributed by atoms with Gasteiger partial charge in [0.05, 0.1) is 25.4 Å². The van der Waals surface area contributed by atoms with Gasteiger partial charge in [0.15, 0.2) is 0 Å². The van der Waals surface area contributed by atoms with E-state index in [9.17, 15) is 19.8 Å². The number of carbonyl (C=O) groups excluding carboxylic acids is 2. The molecular formula is C83H159NO5. The first-order valence-electron chi connectivity index (χ1n) is 40.8. The average Bonchev–Trinajstić information content (AvgIpc) is 3.60. The van der Waals surface area contributed by atoms with Gasteiger partial charge >= 0.3 is 5.97 Å². The lowest BCUT2D eigenvalue weighted by Gasteiger charge is -2.20. The van der Waals surface area contributed by atoms with Gasteiger partial charge in [-0.2, -0.15) is 0 Å². The van der Waals surface area contributed by atoms with Crippen LogP contribution < -0.4 is 5.32 Å². The fourth-order valence-electron chi connectivity index (χ4n) is 13.0. The molecule has 0 aromatic rings. The van der Waals surface area contributed by atoms with Gasteiger partial charge in [0.2, 0.25) is 5.91 Å². The summed E-state index contributed by atoms with van der Waals surface area (Å²) < 4.78 is 5.51. The number of hydrogen-bond acceptors (Lipinski definition) is 5. The third-order valence-corrected chi connectivity index (χ3v) is 19.2. The fraction of sp³-hybridized carbons (Fsp3) is 0.904. The summed E-state index contributed by atoms with van der Waals surface area (Å²) in [6, 6.07) is -0.627. The monoisotopic (exact) mass is 1250 g/mol. The highest BCUT2D eigenvalue weighted by Crippen LogP contribution is 2.20. The number of unbranched alkanes of at least 4 members (excludes halogenated alkanes) is 62. The normalized spacial score (nSPS) is 12.6. The molecule has 6 heteroatoms. The largest absolute Gasteiger partial charge is 0.466 e. The van der Waals surface area contributed by atoms with Crippen LogP contribution in [0.4, 0.5) is 0 Å². The molecule has 0 bridgehead atoms. The number of rotatable bonds is 77. The number of aliphatic hydroxyl groups is 2. The summed E-state index contributed by atoms with van der Waals surface area (Å²) in [5.41, 5.74) is 0. The first-order chi connectivity index (χ1) is 44.0. The van der Waals surface area contributed by atoms with Crippen LogP contribution in [0.5, 0.6) is 0 Å². The first-order valence-corrected chi connectivity index (χ1v) is 40.8. The Balaban J connectivity index is 3.36. The molecule has 0 saturated carbocycles. The Bertz CT molecular complexity index is 1440. The number of nitrogens with one attached hydrogen (secondary N) is 1. The topological polar surface area (TPSA) is 95.9 Å². The predicted molar refractivity (Wildman–Crippen MR) is 393 cm³/mol. The number of esters is 1. The standard InChI is InChI=1S/C83H159NO5/c1-3-5-7-9-11-13-15-17-19-21-22-23-24-31-34-37-40-44-47-51-55-59-63-67-71-75-81(86)80(79-85)84-82(87)76-72-68-64-60-56-52-48-45-41-38-35-32-29-27-25-26-28-30-33-36-39-42-46-50-54-58-62-66-70-74-78-89-83(88)77-73-69-65-61-57-53-49-43-20-18-16-14-12-10-8-6-4-2/h12,14,18,20,71,75,80-81,85-86H,3-11,13,15-17,19,21-70,72-74,76-79H2,1-2H3,(H,84,87)/b14-12-,20-18-,75-71+. The van der Waals surface area contributed by atoms with E-state index in [2.05, 4.69) is 43.5 Å². The van der Waals surface area contributed by atoms with E-state index in [1.54, 1.807) is 6.08 Å². The van der Waals surface area contributed by atoms with Crippen molar-refractivity contribution in [1.29, 1.82) is 0 Å². The molecule has 0 aromatic carbocycles. The van der Waals surface area contributed by atoms with Gasteiger partial charge in [0.25, 0.3) is 0 Å². The van der Waals surface area contributed by atoms with Gasteiger partial charge in [-0.3, -0.25) is 9.59 Å². The highest BCUT2D eigenvalue weighted by Gasteiger charge is 2.18. The van der Waals surface area contributed by atoms with Crippen molar-refractivity contribution in [3.05, 3.63) is 36.5 Å². The molecule has 0 aliphatic heterocycles. The van der Waals surface area contributed by atoms with E-state index < -0.39 is 12.1 Å². The molecule has 0 radical (unpaired) electrons. The lowest BCUT2D eigenvalue weighted by atomic mass is 10.0. The minimum atomic E-state index is -0.844. The fourth-order valence-corrected chi connectivity index (χ4v) is 13.0. The molecular weight excluding hydrogens is 1090 g/mol. The van der Waals surface area contributed by atoms with E-state index in [4.69, 9.17) is 4.74 Å². The van der Waals surface area contributed by atoms with Crippen LogP contribution in [0.2, 0.25) is 0 Å². The summed E-state index contributed by atoms with van der Waals surface area (Å²) in [7, 11) is 0. The van der Waals surface area contributed by atoms with Crippen molar-refractivity contribution < 1.29 is 24.5 Å². The SMILES string of the molecule is CCCCC/C=C\C/C=C\CCCCCCCCCC(=O)OCCCCCCCCCCCCCCCCCCCCCCCCCCCCCCCCC(=O)NC(CO)C(O)/C=C/CCCCCCCCCCCCCCCCCCCCCCCCC. The third-order valence-electron chi connectivity index (χ3n) is 19.2. The Labute approximate surface area is 557 Å². The van der Waals surface area contributed by atoms with Crippen LogP contribution in [-0.2, 0) is 14.3 Å². The predicted octanol–water partition coefficient (Wildman–Crippen LogP) is 27.0. The second-order valence-corrected chi connectivity index (χ2v) is 28.1. The number of amides is 1. The zero-order chi connectivity index (χ0) is 64.2. The second kappa shape index (κ2) is 78.5. The number of ether oxygens (including phenoxy) is 1. The molecule has 6 nitrogen and oxygen atoms in total. The highest BCUT2D eigenvalue weighted by molar-refractivity contribution is 5.76. The molecule has 89 heavy (non-hydrogen) atoms. The van der Waals surface area contributed by atoms with Crippen LogP contribution in [0.25, 0.3) is 0 Å². The molecule has 0 spiro atoms. The number of aliphatic hydroxyl groups excluding tert-OH is 2. The number of carbonyl (C=O) groups is 2. The molecule has 0 aromatic heterocycles. The molecule has 0 rings (SSSR count). The van der Waals surface area contributed by atoms with Gasteiger partial charge in [-0.1, -0.05) is 416 Å². The van der Waals surface area contributed by atoms with Crippen molar-refractivity contribution >= 4 is 11.9 Å². The quantitative estimate of drug-likeness (QED) is 0.0320. The Hall–Kier alpha value is -1.92. The van der Waals surface area contributed by atoms with Crippen LogP contribution in [0.1, 0.15) is 457 Å². The van der Waals surface area contributed by atoms with Crippen molar-refractivity contribution in [3.8, 4) is 0 Å². The van der Waals surface area contributed by atoms with Crippen molar-refractivity contribution in [2.24, 2.45) is 0 Å². The van der Waals surface area contributed by atoms with Crippen molar-refractivity contribution in [2.75, 3.05) is 13.2 Å². The molecule has 3 N–H and O–H groups in total. The average molecular weight is 1250 g/mol. The molecule has 526 valence electrons. The van der Waals surface area contributed by atoms with Gasteiger partial charge < -0.3 is 20.3 Å². The van der Waals surface area contributed by atoms with Gasteiger partial charge in [-0.25, -0.2) is 0 Å². The first kappa shape index (κ1) is 87.1. The number of hydrogen-bond donors (Lipinski definition) is 3. The van der Waals surface area contributed by atoms with Crippen LogP contribution in [-0.4, -0.2) is 47.4 Å². The summed E-state index contributed by atoms with van der Waals surface area (Å²) in [5, 5.41) is 23.3. The molecule has 1 amide bonds. The Morgan fingerprint density at radius 2 is 0.562 bits per heavy atom. The lowest BCUT2D eigenvalue weighted by Crippen LogP contribution is -2.45. The van der Waals surface area contributed by atoms with E-state index >= 15 is 0 Å². The molecule has 2 atom stereocenters. The van der Waals surface area contributed by atoms with Crippen LogP contribution in [0, 0.1) is 0 Å². The third kappa shape index (κ3) is 75.0. The van der Waals surface area contributed by atoms with Crippen LogP contribution in [0.15, 0.2) is 36.5 Å². The molecule has 0 aliphatic rings. The van der Waals surface area contributed by atoms with E-state index in [0.29, 0.717) is 19.4 Å². The van der Waals surface area contributed by atoms with Gasteiger partial charge in [0, 0.05) is 12.8 Å². The maximum absolute atomic E-state index is 12.6. The van der Waals surface area contributed by atoms with Gasteiger partial charge in [-0.15, -0.1) is 0 Å².